The topological polar surface area (TPSA) is 49.7 Å². The van der Waals surface area contributed by atoms with E-state index < -0.39 is 11.1 Å². The Balaban J connectivity index is 3.22. The highest BCUT2D eigenvalue weighted by Crippen LogP contribution is 2.04. The third-order valence-corrected chi connectivity index (χ3v) is 1.06. The molecule has 9 heavy (non-hydrogen) atoms. The van der Waals surface area contributed by atoms with E-state index in [-0.39, 0.29) is 13.2 Å². The van der Waals surface area contributed by atoms with Gasteiger partial charge < -0.3 is 14.9 Å². The molecule has 3 nitrogen and oxygen atoms in total. The van der Waals surface area contributed by atoms with Crippen LogP contribution in [0, 0.1) is 0 Å². The molecule has 0 saturated heterocycles. The molecule has 0 spiro atoms. The van der Waals surface area contributed by atoms with Crippen LogP contribution in [0.3, 0.4) is 0 Å². The third-order valence-electron chi connectivity index (χ3n) is 0.582. The first-order valence-corrected chi connectivity index (χ1v) is 3.23. The van der Waals surface area contributed by atoms with Crippen LogP contribution in [-0.4, -0.2) is 34.6 Å². The number of hydrogen-bond acceptors (Lipinski definition) is 3. The lowest BCUT2D eigenvalue weighted by molar-refractivity contribution is 0.0181. The van der Waals surface area contributed by atoms with Crippen molar-refractivity contribution in [2.75, 3.05) is 13.2 Å². The normalized spacial score (nSPS) is 17.3. The first-order chi connectivity index (χ1) is 4.20. The van der Waals surface area contributed by atoms with E-state index in [1.54, 1.807) is 0 Å². The van der Waals surface area contributed by atoms with E-state index in [2.05, 4.69) is 4.74 Å². The van der Waals surface area contributed by atoms with Gasteiger partial charge in [0.15, 0.2) is 11.1 Å². The van der Waals surface area contributed by atoms with Crippen LogP contribution in [0.5, 0.6) is 0 Å². The van der Waals surface area contributed by atoms with Crippen molar-refractivity contribution >= 4 is 23.2 Å². The average Bonchev–Trinajstić information content (AvgIpc) is 1.87. The van der Waals surface area contributed by atoms with Gasteiger partial charge in [0.05, 0.1) is 13.2 Å². The Morgan fingerprint density at radius 2 is 1.44 bits per heavy atom. The zero-order chi connectivity index (χ0) is 7.28. The minimum Gasteiger partial charge on any atom is -0.392 e. The predicted molar refractivity (Wildman–Crippen MR) is 34.5 cm³/mol. The van der Waals surface area contributed by atoms with Gasteiger partial charge in [-0.25, -0.2) is 0 Å². The van der Waals surface area contributed by atoms with Crippen molar-refractivity contribution in [2.45, 2.75) is 11.1 Å². The summed E-state index contributed by atoms with van der Waals surface area (Å²) in [6.07, 6.45) is 0. The summed E-state index contributed by atoms with van der Waals surface area (Å²) in [5, 5.41) is 16.6. The summed E-state index contributed by atoms with van der Waals surface area (Å²) in [5.41, 5.74) is -1.67. The molecule has 0 aliphatic carbocycles. The Labute approximate surface area is 63.1 Å². The molecule has 0 aromatic rings. The average molecular weight is 175 g/mol. The zero-order valence-corrected chi connectivity index (χ0v) is 6.14. The van der Waals surface area contributed by atoms with Gasteiger partial charge in [-0.3, -0.25) is 0 Å². The second kappa shape index (κ2) is 5.26. The summed E-state index contributed by atoms with van der Waals surface area (Å²) in [7, 11) is 0. The molecule has 0 heterocycles. The first kappa shape index (κ1) is 9.46. The van der Waals surface area contributed by atoms with E-state index in [4.69, 9.17) is 33.4 Å². The lowest BCUT2D eigenvalue weighted by Crippen LogP contribution is -2.18. The molecule has 56 valence electrons. The maximum absolute atomic E-state index is 8.28. The molecule has 0 saturated carbocycles. The highest BCUT2D eigenvalue weighted by atomic mass is 35.5. The number of rotatable bonds is 4. The molecule has 2 unspecified atom stereocenters. The predicted octanol–water partition coefficient (Wildman–Crippen LogP) is 0.117. The van der Waals surface area contributed by atoms with Crippen molar-refractivity contribution in [1.82, 2.24) is 0 Å². The lowest BCUT2D eigenvalue weighted by Gasteiger charge is -2.10. The minimum absolute atomic E-state index is 0.315. The second-order valence-corrected chi connectivity index (χ2v) is 2.29. The van der Waals surface area contributed by atoms with Crippen LogP contribution in [-0.2, 0) is 4.74 Å². The molecule has 0 aromatic carbocycles. The van der Waals surface area contributed by atoms with Gasteiger partial charge in [0, 0.05) is 0 Å². The van der Waals surface area contributed by atoms with Crippen molar-refractivity contribution < 1.29 is 14.9 Å². The number of aliphatic hydroxyl groups excluding tert-OH is 2. The molecular weight excluding hydrogens is 167 g/mol. The Morgan fingerprint density at radius 1 is 1.11 bits per heavy atom. The fourth-order valence-corrected chi connectivity index (χ4v) is 0.547. The van der Waals surface area contributed by atoms with Crippen LogP contribution in [0.4, 0.5) is 0 Å². The molecule has 0 radical (unpaired) electrons. The molecular formula is C4H8Cl2O3. The fraction of sp³-hybridized carbons (Fsp3) is 1.00. The van der Waals surface area contributed by atoms with Crippen LogP contribution in [0.2, 0.25) is 0 Å². The number of aliphatic hydroxyl groups is 2. The van der Waals surface area contributed by atoms with Crippen LogP contribution in [0.1, 0.15) is 0 Å². The largest absolute Gasteiger partial charge is 0.392 e. The van der Waals surface area contributed by atoms with Gasteiger partial charge in [-0.2, -0.15) is 0 Å². The van der Waals surface area contributed by atoms with E-state index >= 15 is 0 Å². The standard InChI is InChI=1S/C4H8Cl2O3/c5-3(1-7)9-4(6)2-8/h3-4,7-8H,1-2H2. The summed E-state index contributed by atoms with van der Waals surface area (Å²) in [6, 6.07) is 0. The van der Waals surface area contributed by atoms with Crippen molar-refractivity contribution in [2.24, 2.45) is 0 Å². The molecule has 0 aromatic heterocycles. The summed E-state index contributed by atoms with van der Waals surface area (Å²) in [4.78, 5) is 0. The molecule has 0 amide bonds. The monoisotopic (exact) mass is 174 g/mol. The van der Waals surface area contributed by atoms with E-state index in [0.717, 1.165) is 0 Å². The Kier molecular flexibility index (Phi) is 5.53. The van der Waals surface area contributed by atoms with Gasteiger partial charge in [0.2, 0.25) is 0 Å². The molecule has 0 bridgehead atoms. The Hall–Kier alpha value is 0.460. The highest BCUT2D eigenvalue weighted by molar-refractivity contribution is 6.21. The van der Waals surface area contributed by atoms with Gasteiger partial charge >= 0.3 is 0 Å². The van der Waals surface area contributed by atoms with Crippen LogP contribution in [0.15, 0.2) is 0 Å². The van der Waals surface area contributed by atoms with Crippen molar-refractivity contribution in [1.29, 1.82) is 0 Å². The summed E-state index contributed by atoms with van der Waals surface area (Å²) < 4.78 is 4.58. The lowest BCUT2D eigenvalue weighted by atomic mass is 10.7. The maximum atomic E-state index is 8.28. The van der Waals surface area contributed by atoms with Gasteiger partial charge in [-0.15, -0.1) is 0 Å². The quantitative estimate of drug-likeness (QED) is 0.596. The number of alkyl halides is 2. The van der Waals surface area contributed by atoms with Crippen LogP contribution < -0.4 is 0 Å². The Bertz CT molecular complexity index is 62.8. The summed E-state index contributed by atoms with van der Waals surface area (Å²) >= 11 is 10.5. The van der Waals surface area contributed by atoms with Gasteiger partial charge in [-0.05, 0) is 0 Å². The number of ether oxygens (including phenoxy) is 1. The smallest absolute Gasteiger partial charge is 0.156 e. The third kappa shape index (κ3) is 4.93. The Morgan fingerprint density at radius 3 is 1.67 bits per heavy atom. The summed E-state index contributed by atoms with van der Waals surface area (Å²) in [5.74, 6) is 0. The van der Waals surface area contributed by atoms with E-state index in [9.17, 15) is 0 Å². The highest BCUT2D eigenvalue weighted by Gasteiger charge is 2.08. The minimum atomic E-state index is -0.834. The van der Waals surface area contributed by atoms with Gasteiger partial charge in [0.1, 0.15) is 0 Å². The first-order valence-electron chi connectivity index (χ1n) is 2.36. The SMILES string of the molecule is OCC(Cl)OC(Cl)CO. The van der Waals surface area contributed by atoms with Gasteiger partial charge in [-0.1, -0.05) is 23.2 Å². The van der Waals surface area contributed by atoms with Crippen LogP contribution in [0.25, 0.3) is 0 Å². The van der Waals surface area contributed by atoms with E-state index in [1.807, 2.05) is 0 Å². The van der Waals surface area contributed by atoms with Crippen molar-refractivity contribution in [3.63, 3.8) is 0 Å². The van der Waals surface area contributed by atoms with E-state index in [0.29, 0.717) is 0 Å². The van der Waals surface area contributed by atoms with E-state index in [1.165, 1.54) is 0 Å². The molecule has 0 aliphatic heterocycles. The van der Waals surface area contributed by atoms with Crippen molar-refractivity contribution in [3.05, 3.63) is 0 Å². The second-order valence-electron chi connectivity index (χ2n) is 1.32. The maximum Gasteiger partial charge on any atom is 0.156 e. The van der Waals surface area contributed by atoms with Gasteiger partial charge in [0.25, 0.3) is 0 Å². The molecule has 0 rings (SSSR count). The van der Waals surface area contributed by atoms with Crippen LogP contribution >= 0.6 is 23.2 Å². The molecule has 2 N–H and O–H groups in total. The number of hydrogen-bond donors (Lipinski definition) is 2. The zero-order valence-electron chi connectivity index (χ0n) is 4.63. The molecule has 2 atom stereocenters. The molecule has 5 heteroatoms. The number of halogens is 2. The fourth-order valence-electron chi connectivity index (χ4n) is 0.246. The van der Waals surface area contributed by atoms with Crippen molar-refractivity contribution in [3.8, 4) is 0 Å². The summed E-state index contributed by atoms with van der Waals surface area (Å²) in [6.45, 7) is -0.629. The molecule has 0 fully saturated rings. The molecule has 0 aliphatic rings.